The van der Waals surface area contributed by atoms with Crippen molar-refractivity contribution in [3.63, 3.8) is 0 Å². The van der Waals surface area contributed by atoms with E-state index in [1.807, 2.05) is 30.3 Å². The van der Waals surface area contributed by atoms with Crippen LogP contribution in [0, 0.1) is 0 Å². The SMILES string of the molecule is NCCCC[C@H](NC(=O)[C@H](CCC(=O)O)NC(=O)[C@H](CCCCN)NC(=O)[C@@H](N)Cc1ccccc1)C(N)=O. The van der Waals surface area contributed by atoms with Gasteiger partial charge in [-0.15, -0.1) is 0 Å². The number of benzene rings is 1. The summed E-state index contributed by atoms with van der Waals surface area (Å²) in [7, 11) is 0. The largest absolute Gasteiger partial charge is 0.481 e. The molecule has 13 nitrogen and oxygen atoms in total. The second-order valence-corrected chi connectivity index (χ2v) is 9.38. The third-order valence-corrected chi connectivity index (χ3v) is 6.10. The Labute approximate surface area is 228 Å². The fraction of sp³-hybridized carbons (Fsp3) is 0.577. The summed E-state index contributed by atoms with van der Waals surface area (Å²) in [6.07, 6.45) is 2.34. The first-order chi connectivity index (χ1) is 18.6. The first kappa shape index (κ1) is 33.5. The molecular formula is C26H43N7O6. The number of rotatable bonds is 20. The molecule has 0 heterocycles. The Hall–Kier alpha value is -3.55. The number of hydrogen-bond acceptors (Lipinski definition) is 8. The van der Waals surface area contributed by atoms with Crippen molar-refractivity contribution in [2.75, 3.05) is 13.1 Å². The number of aliphatic carboxylic acids is 1. The highest BCUT2D eigenvalue weighted by molar-refractivity contribution is 5.94. The number of carbonyl (C=O) groups is 5. The number of carboxylic acid groups (broad SMARTS) is 1. The van der Waals surface area contributed by atoms with Gasteiger partial charge in [-0.2, -0.15) is 0 Å². The Morgan fingerprint density at radius 3 is 1.72 bits per heavy atom. The van der Waals surface area contributed by atoms with Crippen molar-refractivity contribution in [2.24, 2.45) is 22.9 Å². The minimum Gasteiger partial charge on any atom is -0.481 e. The molecule has 0 aromatic heterocycles. The molecule has 1 rings (SSSR count). The Kier molecular flexibility index (Phi) is 16.0. The van der Waals surface area contributed by atoms with Crippen LogP contribution in [-0.4, -0.2) is 72.0 Å². The second kappa shape index (κ2) is 18.7. The summed E-state index contributed by atoms with van der Waals surface area (Å²) in [5, 5.41) is 16.8. The number of carbonyl (C=O) groups excluding carboxylic acids is 4. The van der Waals surface area contributed by atoms with E-state index in [0.29, 0.717) is 38.8 Å². The summed E-state index contributed by atoms with van der Waals surface area (Å²) in [5.41, 5.74) is 23.4. The van der Waals surface area contributed by atoms with Crippen LogP contribution >= 0.6 is 0 Å². The van der Waals surface area contributed by atoms with Crippen LogP contribution in [-0.2, 0) is 30.4 Å². The molecule has 0 radical (unpaired) electrons. The molecule has 0 aliphatic rings. The molecule has 0 fully saturated rings. The highest BCUT2D eigenvalue weighted by Gasteiger charge is 2.30. The van der Waals surface area contributed by atoms with Crippen LogP contribution in [0.3, 0.4) is 0 Å². The average molecular weight is 550 g/mol. The molecular weight excluding hydrogens is 506 g/mol. The standard InChI is InChI=1S/C26H43N7O6/c27-14-6-4-10-19(23(30)36)31-26(39)21(12-13-22(34)35)33-25(38)20(11-5-7-15-28)32-24(37)18(29)16-17-8-2-1-3-9-17/h1-3,8-9,18-21H,4-7,10-16,27-29H2,(H2,30,36)(H,31,39)(H,32,37)(H,33,38)(H,34,35)/t18-,19-,20-,21-/m0/s1. The van der Waals surface area contributed by atoms with E-state index in [-0.39, 0.29) is 25.7 Å². The normalized spacial score (nSPS) is 13.9. The van der Waals surface area contributed by atoms with Gasteiger partial charge in [-0.05, 0) is 70.0 Å². The maximum absolute atomic E-state index is 13.2. The highest BCUT2D eigenvalue weighted by Crippen LogP contribution is 2.08. The second-order valence-electron chi connectivity index (χ2n) is 9.38. The van der Waals surface area contributed by atoms with E-state index in [2.05, 4.69) is 16.0 Å². The van der Waals surface area contributed by atoms with Crippen molar-refractivity contribution in [3.05, 3.63) is 35.9 Å². The first-order valence-electron chi connectivity index (χ1n) is 13.2. The summed E-state index contributed by atoms with van der Waals surface area (Å²) >= 11 is 0. The van der Waals surface area contributed by atoms with E-state index in [1.165, 1.54) is 0 Å². The molecule has 39 heavy (non-hydrogen) atoms. The van der Waals surface area contributed by atoms with Gasteiger partial charge in [0.05, 0.1) is 6.04 Å². The monoisotopic (exact) mass is 549 g/mol. The third kappa shape index (κ3) is 13.7. The smallest absolute Gasteiger partial charge is 0.303 e. The van der Waals surface area contributed by atoms with E-state index in [1.54, 1.807) is 0 Å². The number of hydrogen-bond donors (Lipinski definition) is 8. The fourth-order valence-electron chi connectivity index (χ4n) is 3.86. The summed E-state index contributed by atoms with van der Waals surface area (Å²) in [4.78, 5) is 62.0. The molecule has 0 unspecified atom stereocenters. The lowest BCUT2D eigenvalue weighted by molar-refractivity contribution is -0.138. The quantitative estimate of drug-likeness (QED) is 0.0891. The molecule has 13 heteroatoms. The summed E-state index contributed by atoms with van der Waals surface area (Å²) in [6.45, 7) is 0.793. The Morgan fingerprint density at radius 1 is 0.718 bits per heavy atom. The maximum Gasteiger partial charge on any atom is 0.303 e. The number of carboxylic acids is 1. The number of nitrogens with one attached hydrogen (secondary N) is 3. The van der Waals surface area contributed by atoms with Gasteiger partial charge in [0, 0.05) is 6.42 Å². The van der Waals surface area contributed by atoms with Crippen LogP contribution in [0.4, 0.5) is 0 Å². The van der Waals surface area contributed by atoms with Crippen LogP contribution in [0.1, 0.15) is 56.9 Å². The van der Waals surface area contributed by atoms with Crippen molar-refractivity contribution < 1.29 is 29.1 Å². The van der Waals surface area contributed by atoms with Crippen LogP contribution in [0.25, 0.3) is 0 Å². The molecule has 0 spiro atoms. The molecule has 0 saturated heterocycles. The van der Waals surface area contributed by atoms with Gasteiger partial charge in [-0.25, -0.2) is 0 Å². The molecule has 0 aliphatic carbocycles. The summed E-state index contributed by atoms with van der Waals surface area (Å²) in [5.74, 6) is -3.92. The Balaban J connectivity index is 2.98. The van der Waals surface area contributed by atoms with E-state index in [0.717, 1.165) is 5.56 Å². The van der Waals surface area contributed by atoms with Crippen molar-refractivity contribution in [2.45, 2.75) is 82.0 Å². The number of primary amides is 1. The molecule has 12 N–H and O–H groups in total. The Morgan fingerprint density at radius 2 is 1.21 bits per heavy atom. The van der Waals surface area contributed by atoms with Crippen molar-refractivity contribution in [3.8, 4) is 0 Å². The zero-order valence-electron chi connectivity index (χ0n) is 22.3. The molecule has 0 bridgehead atoms. The molecule has 1 aromatic rings. The number of amides is 4. The molecule has 218 valence electrons. The minimum atomic E-state index is -1.28. The van der Waals surface area contributed by atoms with Gasteiger partial charge in [-0.1, -0.05) is 30.3 Å². The highest BCUT2D eigenvalue weighted by atomic mass is 16.4. The predicted molar refractivity (Wildman–Crippen MR) is 146 cm³/mol. The lowest BCUT2D eigenvalue weighted by Gasteiger charge is -2.25. The maximum atomic E-state index is 13.2. The molecule has 1 aromatic carbocycles. The van der Waals surface area contributed by atoms with E-state index < -0.39 is 60.2 Å². The predicted octanol–water partition coefficient (Wildman–Crippen LogP) is -1.38. The van der Waals surface area contributed by atoms with Gasteiger partial charge in [0.2, 0.25) is 23.6 Å². The van der Waals surface area contributed by atoms with Crippen LogP contribution in [0.5, 0.6) is 0 Å². The fourth-order valence-corrected chi connectivity index (χ4v) is 3.86. The third-order valence-electron chi connectivity index (χ3n) is 6.10. The average Bonchev–Trinajstić information content (AvgIpc) is 2.90. The van der Waals surface area contributed by atoms with Gasteiger partial charge in [0.15, 0.2) is 0 Å². The molecule has 0 saturated carbocycles. The molecule has 4 amide bonds. The first-order valence-corrected chi connectivity index (χ1v) is 13.2. The zero-order chi connectivity index (χ0) is 29.2. The lowest BCUT2D eigenvalue weighted by atomic mass is 10.0. The van der Waals surface area contributed by atoms with Crippen molar-refractivity contribution in [1.82, 2.24) is 16.0 Å². The van der Waals surface area contributed by atoms with Gasteiger partial charge < -0.3 is 44.0 Å². The topological polar surface area (TPSA) is 246 Å². The van der Waals surface area contributed by atoms with Crippen molar-refractivity contribution in [1.29, 1.82) is 0 Å². The van der Waals surface area contributed by atoms with Gasteiger partial charge in [-0.3, -0.25) is 24.0 Å². The van der Waals surface area contributed by atoms with Gasteiger partial charge in [0.25, 0.3) is 0 Å². The van der Waals surface area contributed by atoms with Crippen molar-refractivity contribution >= 4 is 29.6 Å². The summed E-state index contributed by atoms with van der Waals surface area (Å²) in [6, 6.07) is 4.91. The van der Waals surface area contributed by atoms with Gasteiger partial charge >= 0.3 is 5.97 Å². The van der Waals surface area contributed by atoms with Gasteiger partial charge in [0.1, 0.15) is 18.1 Å². The minimum absolute atomic E-state index is 0.225. The van der Waals surface area contributed by atoms with E-state index >= 15 is 0 Å². The molecule has 4 atom stereocenters. The van der Waals surface area contributed by atoms with E-state index in [4.69, 9.17) is 28.0 Å². The summed E-state index contributed by atoms with van der Waals surface area (Å²) < 4.78 is 0. The zero-order valence-corrected chi connectivity index (χ0v) is 22.3. The van der Waals surface area contributed by atoms with Crippen LogP contribution in [0.15, 0.2) is 30.3 Å². The Bertz CT molecular complexity index is 931. The molecule has 0 aliphatic heterocycles. The number of nitrogens with two attached hydrogens (primary N) is 4. The van der Waals surface area contributed by atoms with E-state index in [9.17, 15) is 24.0 Å². The van der Waals surface area contributed by atoms with Crippen LogP contribution in [0.2, 0.25) is 0 Å². The van der Waals surface area contributed by atoms with Crippen LogP contribution < -0.4 is 38.9 Å². The lowest BCUT2D eigenvalue weighted by Crippen LogP contribution is -2.57. The number of unbranched alkanes of at least 4 members (excludes halogenated alkanes) is 2.